The summed E-state index contributed by atoms with van der Waals surface area (Å²) in [5, 5.41) is 0.979. The van der Waals surface area contributed by atoms with Crippen LogP contribution in [0.2, 0.25) is 0 Å². The second kappa shape index (κ2) is 7.78. The minimum absolute atomic E-state index is 0.0332. The molecule has 0 N–H and O–H groups in total. The average Bonchev–Trinajstić information content (AvgIpc) is 2.74. The third-order valence-electron chi connectivity index (χ3n) is 5.38. The maximum absolute atomic E-state index is 12.9. The topological polar surface area (TPSA) is 42.4 Å². The van der Waals surface area contributed by atoms with Crippen LogP contribution in [0.25, 0.3) is 10.9 Å². The number of likely N-dealkylation sites (tertiary alicyclic amines) is 1. The molecule has 0 radical (unpaired) electrons. The Labute approximate surface area is 159 Å². The van der Waals surface area contributed by atoms with Gasteiger partial charge in [0.05, 0.1) is 12.6 Å². The van der Waals surface area contributed by atoms with Crippen molar-refractivity contribution in [2.75, 3.05) is 20.2 Å². The first kappa shape index (κ1) is 17.5. The molecule has 1 amide bonds. The van der Waals surface area contributed by atoms with Crippen LogP contribution in [0.1, 0.15) is 28.9 Å². The van der Waals surface area contributed by atoms with Crippen LogP contribution < -0.4 is 4.74 Å². The van der Waals surface area contributed by atoms with E-state index in [9.17, 15) is 4.79 Å². The summed E-state index contributed by atoms with van der Waals surface area (Å²) in [6, 6.07) is 20.1. The molecule has 4 rings (SSSR count). The molecule has 4 heteroatoms. The number of piperidine rings is 1. The van der Waals surface area contributed by atoms with E-state index < -0.39 is 0 Å². The predicted octanol–water partition coefficient (Wildman–Crippen LogP) is 4.34. The summed E-state index contributed by atoms with van der Waals surface area (Å²) >= 11 is 0. The summed E-state index contributed by atoms with van der Waals surface area (Å²) in [5.74, 6) is 1.48. The van der Waals surface area contributed by atoms with Crippen molar-refractivity contribution in [3.8, 4) is 5.75 Å². The summed E-state index contributed by atoms with van der Waals surface area (Å²) in [7, 11) is 1.65. The number of hydrogen-bond acceptors (Lipinski definition) is 3. The lowest BCUT2D eigenvalue weighted by atomic mass is 9.90. The molecule has 2 heterocycles. The smallest absolute Gasteiger partial charge is 0.272 e. The number of amides is 1. The van der Waals surface area contributed by atoms with Crippen molar-refractivity contribution in [3.05, 3.63) is 71.9 Å². The summed E-state index contributed by atoms with van der Waals surface area (Å²) in [6.07, 6.45) is 3.19. The van der Waals surface area contributed by atoms with Crippen LogP contribution in [0.4, 0.5) is 0 Å². The standard InChI is InChI=1S/C23H24N2O2/c1-27-20-8-10-21-19(16-20)7-9-22(24-21)23(26)25-13-11-18(12-14-25)15-17-5-3-2-4-6-17/h2-10,16,18H,11-15H2,1H3. The third kappa shape index (κ3) is 3.95. The highest BCUT2D eigenvalue weighted by Crippen LogP contribution is 2.24. The third-order valence-corrected chi connectivity index (χ3v) is 5.38. The van der Waals surface area contributed by atoms with Crippen molar-refractivity contribution in [2.45, 2.75) is 19.3 Å². The van der Waals surface area contributed by atoms with Gasteiger partial charge in [-0.1, -0.05) is 36.4 Å². The van der Waals surface area contributed by atoms with Gasteiger partial charge >= 0.3 is 0 Å². The molecule has 27 heavy (non-hydrogen) atoms. The Morgan fingerprint density at radius 2 is 1.85 bits per heavy atom. The normalized spacial score (nSPS) is 15.1. The maximum Gasteiger partial charge on any atom is 0.272 e. The zero-order valence-corrected chi connectivity index (χ0v) is 15.6. The minimum Gasteiger partial charge on any atom is -0.497 e. The number of hydrogen-bond donors (Lipinski definition) is 0. The number of carbonyl (C=O) groups is 1. The molecule has 0 aliphatic carbocycles. The first-order chi connectivity index (χ1) is 13.2. The van der Waals surface area contributed by atoms with Gasteiger partial charge in [0.15, 0.2) is 0 Å². The Hall–Kier alpha value is -2.88. The largest absolute Gasteiger partial charge is 0.497 e. The van der Waals surface area contributed by atoms with Crippen molar-refractivity contribution in [1.82, 2.24) is 9.88 Å². The van der Waals surface area contributed by atoms with E-state index in [0.717, 1.165) is 49.0 Å². The molecule has 0 saturated carbocycles. The van der Waals surface area contributed by atoms with E-state index in [0.29, 0.717) is 11.6 Å². The lowest BCUT2D eigenvalue weighted by molar-refractivity contribution is 0.0685. The van der Waals surface area contributed by atoms with Gasteiger partial charge in [-0.15, -0.1) is 0 Å². The monoisotopic (exact) mass is 360 g/mol. The number of benzene rings is 2. The lowest BCUT2D eigenvalue weighted by Gasteiger charge is -2.32. The summed E-state index contributed by atoms with van der Waals surface area (Å²) in [6.45, 7) is 1.61. The second-order valence-electron chi connectivity index (χ2n) is 7.18. The molecule has 0 unspecified atom stereocenters. The molecular weight excluding hydrogens is 336 g/mol. The van der Waals surface area contributed by atoms with Crippen LogP contribution >= 0.6 is 0 Å². The molecule has 0 atom stereocenters. The Morgan fingerprint density at radius 1 is 1.07 bits per heavy atom. The van der Waals surface area contributed by atoms with Crippen LogP contribution in [0.15, 0.2) is 60.7 Å². The van der Waals surface area contributed by atoms with Gasteiger partial charge in [-0.2, -0.15) is 0 Å². The number of fused-ring (bicyclic) bond motifs is 1. The maximum atomic E-state index is 12.9. The molecule has 0 spiro atoms. The Balaban J connectivity index is 1.41. The Bertz CT molecular complexity index is 932. The first-order valence-corrected chi connectivity index (χ1v) is 9.51. The number of rotatable bonds is 4. The molecule has 2 aromatic carbocycles. The predicted molar refractivity (Wildman–Crippen MR) is 107 cm³/mol. The summed E-state index contributed by atoms with van der Waals surface area (Å²) in [4.78, 5) is 19.4. The van der Waals surface area contributed by atoms with Crippen molar-refractivity contribution >= 4 is 16.8 Å². The van der Waals surface area contributed by atoms with Crippen LogP contribution in [0.5, 0.6) is 5.75 Å². The van der Waals surface area contributed by atoms with E-state index in [1.807, 2.05) is 35.2 Å². The fourth-order valence-corrected chi connectivity index (χ4v) is 3.80. The van der Waals surface area contributed by atoms with Crippen molar-refractivity contribution in [2.24, 2.45) is 5.92 Å². The molecule has 3 aromatic rings. The Kier molecular flexibility index (Phi) is 5.05. The van der Waals surface area contributed by atoms with Crippen LogP contribution in [-0.4, -0.2) is 36.0 Å². The molecule has 0 bridgehead atoms. The van der Waals surface area contributed by atoms with E-state index in [2.05, 4.69) is 35.3 Å². The van der Waals surface area contributed by atoms with Gasteiger partial charge in [-0.05, 0) is 55.0 Å². The molecule has 1 aromatic heterocycles. The molecular formula is C23H24N2O2. The summed E-state index contributed by atoms with van der Waals surface area (Å²) in [5.41, 5.74) is 2.73. The van der Waals surface area contributed by atoms with Gasteiger partial charge in [0.1, 0.15) is 11.4 Å². The molecule has 1 saturated heterocycles. The van der Waals surface area contributed by atoms with E-state index in [1.165, 1.54) is 5.56 Å². The number of nitrogens with zero attached hydrogens (tertiary/aromatic N) is 2. The number of ether oxygens (including phenoxy) is 1. The van der Waals surface area contributed by atoms with Gasteiger partial charge in [-0.3, -0.25) is 4.79 Å². The quantitative estimate of drug-likeness (QED) is 0.695. The van der Waals surface area contributed by atoms with E-state index >= 15 is 0 Å². The molecule has 1 aliphatic heterocycles. The first-order valence-electron chi connectivity index (χ1n) is 9.51. The number of methoxy groups -OCH3 is 1. The summed E-state index contributed by atoms with van der Waals surface area (Å²) < 4.78 is 5.24. The average molecular weight is 360 g/mol. The number of carbonyl (C=O) groups excluding carboxylic acids is 1. The fourth-order valence-electron chi connectivity index (χ4n) is 3.80. The van der Waals surface area contributed by atoms with E-state index in [-0.39, 0.29) is 5.91 Å². The highest BCUT2D eigenvalue weighted by molar-refractivity contribution is 5.95. The van der Waals surface area contributed by atoms with Gasteiger partial charge in [0, 0.05) is 18.5 Å². The Morgan fingerprint density at radius 3 is 2.59 bits per heavy atom. The van der Waals surface area contributed by atoms with Crippen molar-refractivity contribution in [3.63, 3.8) is 0 Å². The van der Waals surface area contributed by atoms with Gasteiger partial charge in [0.25, 0.3) is 5.91 Å². The van der Waals surface area contributed by atoms with Crippen molar-refractivity contribution < 1.29 is 9.53 Å². The lowest BCUT2D eigenvalue weighted by Crippen LogP contribution is -2.39. The highest BCUT2D eigenvalue weighted by Gasteiger charge is 2.24. The van der Waals surface area contributed by atoms with Crippen LogP contribution in [0.3, 0.4) is 0 Å². The highest BCUT2D eigenvalue weighted by atomic mass is 16.5. The van der Waals surface area contributed by atoms with Crippen LogP contribution in [-0.2, 0) is 6.42 Å². The van der Waals surface area contributed by atoms with Gasteiger partial charge in [0.2, 0.25) is 0 Å². The molecule has 138 valence electrons. The van der Waals surface area contributed by atoms with Crippen LogP contribution in [0, 0.1) is 5.92 Å². The SMILES string of the molecule is COc1ccc2nc(C(=O)N3CCC(Cc4ccccc4)CC3)ccc2c1. The molecule has 1 fully saturated rings. The zero-order chi connectivity index (χ0) is 18.6. The zero-order valence-electron chi connectivity index (χ0n) is 15.6. The molecule has 4 nitrogen and oxygen atoms in total. The fraction of sp³-hybridized carbons (Fsp3) is 0.304. The molecule has 1 aliphatic rings. The number of pyridine rings is 1. The minimum atomic E-state index is 0.0332. The number of aromatic nitrogens is 1. The van der Waals surface area contributed by atoms with Gasteiger partial charge < -0.3 is 9.64 Å². The van der Waals surface area contributed by atoms with E-state index in [4.69, 9.17) is 4.74 Å². The van der Waals surface area contributed by atoms with Crippen molar-refractivity contribution in [1.29, 1.82) is 0 Å². The second-order valence-corrected chi connectivity index (χ2v) is 7.18. The van der Waals surface area contributed by atoms with Gasteiger partial charge in [-0.25, -0.2) is 4.98 Å². The van der Waals surface area contributed by atoms with E-state index in [1.54, 1.807) is 7.11 Å².